The number of hydrogen-bond acceptors (Lipinski definition) is 6. The van der Waals surface area contributed by atoms with Gasteiger partial charge < -0.3 is 19.4 Å². The maximum absolute atomic E-state index is 13.5. The molecule has 9 nitrogen and oxygen atoms in total. The number of allylic oxidation sites excluding steroid dienone is 19. The minimum absolute atomic E-state index is 0.0210. The minimum Gasteiger partial charge on any atom is -0.456 e. The van der Waals surface area contributed by atoms with Gasteiger partial charge in [0.1, 0.15) is 19.3 Å². The topological polar surface area (TPSA) is 111 Å². The quantitative estimate of drug-likeness (QED) is 0.0156. The van der Waals surface area contributed by atoms with Gasteiger partial charge in [0.2, 0.25) is 5.91 Å². The first-order valence-corrected chi connectivity index (χ1v) is 30.4. The van der Waals surface area contributed by atoms with Crippen molar-refractivity contribution in [3.8, 4) is 0 Å². The Labute approximate surface area is 448 Å². The molecule has 416 valence electrons. The molecule has 0 heterocycles. The Morgan fingerprint density at radius 3 is 1.48 bits per heavy atom. The zero-order valence-corrected chi connectivity index (χ0v) is 48.2. The van der Waals surface area contributed by atoms with Crippen molar-refractivity contribution in [2.75, 3.05) is 40.9 Å². The maximum Gasteiger partial charge on any atom is 0.472 e. The molecule has 0 aliphatic heterocycles. The van der Waals surface area contributed by atoms with Crippen molar-refractivity contribution in [3.05, 3.63) is 122 Å². The van der Waals surface area contributed by atoms with Gasteiger partial charge in [-0.05, 0) is 89.5 Å². The Balaban J connectivity index is 5.52. The normalized spacial score (nSPS) is 14.7. The molecule has 0 bridgehead atoms. The molecule has 3 atom stereocenters. The second kappa shape index (κ2) is 51.9. The van der Waals surface area contributed by atoms with Crippen LogP contribution < -0.4 is 5.32 Å². The van der Waals surface area contributed by atoms with Crippen LogP contribution in [-0.2, 0) is 27.9 Å². The number of ether oxygens (including phenoxy) is 1. The number of unbranched alkanes of at least 4 members (excludes halogenated alkanes) is 21. The fraction of sp³-hybridized carbons (Fsp3) is 0.651. The highest BCUT2D eigenvalue weighted by Gasteiger charge is 2.30. The summed E-state index contributed by atoms with van der Waals surface area (Å²) in [5.74, 6) is -0.591. The van der Waals surface area contributed by atoms with E-state index in [1.807, 2.05) is 94.1 Å². The van der Waals surface area contributed by atoms with E-state index in [2.05, 4.69) is 74.7 Å². The van der Waals surface area contributed by atoms with Crippen LogP contribution in [0.25, 0.3) is 0 Å². The van der Waals surface area contributed by atoms with E-state index in [0.29, 0.717) is 23.9 Å². The van der Waals surface area contributed by atoms with Crippen LogP contribution in [-0.4, -0.2) is 74.3 Å². The first-order valence-electron chi connectivity index (χ1n) is 28.9. The summed E-state index contributed by atoms with van der Waals surface area (Å²) in [6.45, 7) is 6.77. The monoisotopic (exact) mass is 1040 g/mol. The van der Waals surface area contributed by atoms with Crippen molar-refractivity contribution in [1.29, 1.82) is 0 Å². The predicted molar refractivity (Wildman–Crippen MR) is 313 cm³/mol. The lowest BCUT2D eigenvalue weighted by Gasteiger charge is -2.27. The number of phosphoric acid groups is 1. The van der Waals surface area contributed by atoms with Crippen LogP contribution in [0.15, 0.2) is 122 Å². The molecule has 0 aliphatic carbocycles. The van der Waals surface area contributed by atoms with Gasteiger partial charge in [-0.3, -0.25) is 18.6 Å². The van der Waals surface area contributed by atoms with Gasteiger partial charge in [0.15, 0.2) is 0 Å². The average Bonchev–Trinajstić information content (AvgIpc) is 3.35. The van der Waals surface area contributed by atoms with Crippen molar-refractivity contribution in [2.45, 2.75) is 226 Å². The molecule has 0 radical (unpaired) electrons. The van der Waals surface area contributed by atoms with Crippen LogP contribution in [0, 0.1) is 0 Å². The number of hydrogen-bond donors (Lipinski definition) is 2. The summed E-state index contributed by atoms with van der Waals surface area (Å²) in [7, 11) is 1.43. The van der Waals surface area contributed by atoms with Crippen LogP contribution in [0.4, 0.5) is 0 Å². The molecule has 0 aromatic carbocycles. The number of carbonyl (C=O) groups excluding carboxylic acids is 2. The number of esters is 1. The molecule has 73 heavy (non-hydrogen) atoms. The van der Waals surface area contributed by atoms with Crippen molar-refractivity contribution in [1.82, 2.24) is 5.32 Å². The number of phosphoric ester groups is 1. The molecule has 0 rings (SSSR count). The predicted octanol–water partition coefficient (Wildman–Crippen LogP) is 17.5. The lowest BCUT2D eigenvalue weighted by atomic mass is 10.0. The van der Waals surface area contributed by atoms with Crippen LogP contribution in [0.3, 0.4) is 0 Å². The van der Waals surface area contributed by atoms with Crippen molar-refractivity contribution < 1.29 is 37.3 Å². The van der Waals surface area contributed by atoms with E-state index >= 15 is 0 Å². The standard InChI is InChI=1S/C63H107N2O7P/c1-7-10-13-16-19-22-25-28-30-32-34-37-40-43-46-49-52-55-62(66)64-60(59-71-73(68,69)70-58-57-65(4,5)6)61(54-51-48-45-42-39-36-27-24-21-18-15-12-9-3)72-63(67)56-53-50-47-44-41-38-35-33-31-29-26-23-20-17-14-11-8-2/h11,14,17,19-20,22-23,26,28-31,33-35,37-38,41,51,54,60-61H,7-10,12-13,15-16,18,21,24-25,27,32,36,39-40,42-50,52-53,55-59H2,1-6H3,(H-,64,66,68,69)/p+1/b14-11-,20-17+,22-19-,26-23+,30-28-,31-29-,35-33+,37-34-,41-38+,54-51+. The Morgan fingerprint density at radius 2 is 0.932 bits per heavy atom. The molecular formula is C63H108N2O7P+. The van der Waals surface area contributed by atoms with Gasteiger partial charge in [0, 0.05) is 12.8 Å². The van der Waals surface area contributed by atoms with Gasteiger partial charge in [-0.25, -0.2) is 4.57 Å². The summed E-state index contributed by atoms with van der Waals surface area (Å²) in [4.78, 5) is 37.6. The van der Waals surface area contributed by atoms with E-state index in [9.17, 15) is 19.0 Å². The summed E-state index contributed by atoms with van der Waals surface area (Å²) >= 11 is 0. The Morgan fingerprint density at radius 1 is 0.507 bits per heavy atom. The van der Waals surface area contributed by atoms with Crippen LogP contribution in [0.2, 0.25) is 0 Å². The third-order valence-corrected chi connectivity index (χ3v) is 13.0. The number of nitrogens with one attached hydrogen (secondary N) is 1. The molecule has 0 spiro atoms. The molecule has 0 aromatic rings. The first-order chi connectivity index (χ1) is 35.4. The highest BCUT2D eigenvalue weighted by Crippen LogP contribution is 2.43. The summed E-state index contributed by atoms with van der Waals surface area (Å²) in [5, 5.41) is 3.02. The summed E-state index contributed by atoms with van der Waals surface area (Å²) < 4.78 is 30.6. The van der Waals surface area contributed by atoms with E-state index < -0.39 is 20.0 Å². The highest BCUT2D eigenvalue weighted by atomic mass is 31.2. The summed E-state index contributed by atoms with van der Waals surface area (Å²) in [5.41, 5.74) is 0. The second-order valence-corrected chi connectivity index (χ2v) is 21.7. The fourth-order valence-corrected chi connectivity index (χ4v) is 8.30. The van der Waals surface area contributed by atoms with Crippen molar-refractivity contribution in [3.63, 3.8) is 0 Å². The number of likely N-dealkylation sites (N-methyl/N-ethyl adjacent to an activating group) is 1. The van der Waals surface area contributed by atoms with Gasteiger partial charge >= 0.3 is 13.8 Å². The lowest BCUT2D eigenvalue weighted by molar-refractivity contribution is -0.870. The number of nitrogens with zero attached hydrogens (tertiary/aromatic N) is 1. The van der Waals surface area contributed by atoms with Gasteiger partial charge in [0.25, 0.3) is 0 Å². The summed E-state index contributed by atoms with van der Waals surface area (Å²) in [6, 6.07) is -0.887. The fourth-order valence-electron chi connectivity index (χ4n) is 7.56. The molecule has 0 aliphatic rings. The molecule has 0 saturated carbocycles. The largest absolute Gasteiger partial charge is 0.472 e. The number of amides is 1. The molecule has 3 unspecified atom stereocenters. The maximum atomic E-state index is 13.5. The molecular weight excluding hydrogens is 928 g/mol. The first kappa shape index (κ1) is 69.4. The number of quaternary nitrogens is 1. The number of rotatable bonds is 50. The van der Waals surface area contributed by atoms with Crippen LogP contribution in [0.5, 0.6) is 0 Å². The van der Waals surface area contributed by atoms with Crippen molar-refractivity contribution in [2.24, 2.45) is 0 Å². The average molecular weight is 1040 g/mol. The molecule has 0 fully saturated rings. The van der Waals surface area contributed by atoms with E-state index in [1.165, 1.54) is 83.5 Å². The Kier molecular flexibility index (Phi) is 49.3. The molecule has 0 saturated heterocycles. The van der Waals surface area contributed by atoms with Crippen molar-refractivity contribution >= 4 is 19.7 Å². The van der Waals surface area contributed by atoms with Crippen LogP contribution in [0.1, 0.15) is 213 Å². The Bertz CT molecular complexity index is 1660. The van der Waals surface area contributed by atoms with Crippen LogP contribution >= 0.6 is 7.82 Å². The minimum atomic E-state index is -4.47. The smallest absolute Gasteiger partial charge is 0.456 e. The van der Waals surface area contributed by atoms with E-state index in [0.717, 1.165) is 83.5 Å². The molecule has 0 aromatic heterocycles. The molecule has 10 heteroatoms. The van der Waals surface area contributed by atoms with E-state index in [-0.39, 0.29) is 37.9 Å². The molecule has 2 N–H and O–H groups in total. The van der Waals surface area contributed by atoms with Gasteiger partial charge in [-0.1, -0.05) is 233 Å². The van der Waals surface area contributed by atoms with Gasteiger partial charge in [-0.2, -0.15) is 0 Å². The van der Waals surface area contributed by atoms with E-state index in [4.69, 9.17) is 13.8 Å². The summed E-state index contributed by atoms with van der Waals surface area (Å²) in [6.07, 6.45) is 71.9. The third kappa shape index (κ3) is 53.1. The Hall–Kier alpha value is -3.59. The second-order valence-electron chi connectivity index (χ2n) is 20.2. The SMILES string of the molecule is CC\C=C/C=C/C=C/C=C\C=C\C=C\CCCCCC(=O)OC(/C=C/CCCCCCCCCCCCC)C(COP(=O)(O)OCC[N+](C)(C)C)NC(=O)CCCCCC/C=C\C/C=C\C/C=C\CCCCC. The highest BCUT2D eigenvalue weighted by molar-refractivity contribution is 7.47. The molecule has 1 amide bonds. The third-order valence-electron chi connectivity index (χ3n) is 12.0. The number of carbonyl (C=O) groups is 2. The van der Waals surface area contributed by atoms with E-state index in [1.54, 1.807) is 0 Å². The zero-order chi connectivity index (χ0) is 53.6. The zero-order valence-electron chi connectivity index (χ0n) is 47.3. The van der Waals surface area contributed by atoms with Gasteiger partial charge in [0.05, 0.1) is 33.8 Å². The lowest BCUT2D eigenvalue weighted by Crippen LogP contribution is -2.47. The van der Waals surface area contributed by atoms with Gasteiger partial charge in [-0.15, -0.1) is 0 Å².